The molecule has 1 aromatic heterocycles. The molecule has 2 rings (SSSR count). The van der Waals surface area contributed by atoms with Crippen molar-refractivity contribution >= 4 is 22.2 Å². The number of nitrogens with zero attached hydrogens (tertiary/aromatic N) is 3. The first-order chi connectivity index (χ1) is 9.79. The van der Waals surface area contributed by atoms with Crippen LogP contribution in [0.3, 0.4) is 0 Å². The number of anilines is 2. The molecule has 0 saturated carbocycles. The number of nitrogen functional groups attached to an aromatic ring is 1. The van der Waals surface area contributed by atoms with E-state index in [1.54, 1.807) is 11.0 Å². The van der Waals surface area contributed by atoms with Crippen molar-refractivity contribution in [3.63, 3.8) is 0 Å². The highest BCUT2D eigenvalue weighted by Gasteiger charge is 2.36. The van der Waals surface area contributed by atoms with Crippen LogP contribution < -0.4 is 10.6 Å². The van der Waals surface area contributed by atoms with Crippen LogP contribution in [0.15, 0.2) is 24.3 Å². The van der Waals surface area contributed by atoms with E-state index in [0.717, 1.165) is 5.56 Å². The monoisotopic (exact) mass is 316 g/mol. The molecule has 1 aromatic carbocycles. The van der Waals surface area contributed by atoms with E-state index in [1.807, 2.05) is 32.0 Å². The highest BCUT2D eigenvalue weighted by molar-refractivity contribution is 7.15. The molecule has 0 unspecified atom stereocenters. The second-order valence-corrected chi connectivity index (χ2v) is 5.76. The first-order valence-corrected chi connectivity index (χ1v) is 7.11. The van der Waals surface area contributed by atoms with Crippen LogP contribution in [-0.4, -0.2) is 16.2 Å². The van der Waals surface area contributed by atoms with E-state index < -0.39 is 11.2 Å². The SMILES string of the molecule is CC(C)N(Cc1ccccc1N)c1nnc(C(F)(F)F)s1. The third-order valence-electron chi connectivity index (χ3n) is 2.92. The van der Waals surface area contributed by atoms with Crippen molar-refractivity contribution in [1.82, 2.24) is 10.2 Å². The summed E-state index contributed by atoms with van der Waals surface area (Å²) in [5, 5.41) is 6.19. The zero-order valence-corrected chi connectivity index (χ0v) is 12.4. The molecule has 0 aliphatic rings. The molecule has 0 amide bonds. The first-order valence-electron chi connectivity index (χ1n) is 6.29. The minimum Gasteiger partial charge on any atom is -0.398 e. The van der Waals surface area contributed by atoms with E-state index >= 15 is 0 Å². The Morgan fingerprint density at radius 3 is 2.43 bits per heavy atom. The van der Waals surface area contributed by atoms with Crippen LogP contribution in [0, 0.1) is 0 Å². The molecule has 0 saturated heterocycles. The standard InChI is InChI=1S/C13H15F3N4S/c1-8(2)20(7-9-5-3-4-6-10(9)17)12-19-18-11(21-12)13(14,15)16/h3-6,8H,7,17H2,1-2H3. The molecule has 0 atom stereocenters. The van der Waals surface area contributed by atoms with Gasteiger partial charge in [0.25, 0.3) is 0 Å². The number of benzene rings is 1. The molecule has 0 aliphatic carbocycles. The number of para-hydroxylation sites is 1. The van der Waals surface area contributed by atoms with E-state index in [4.69, 9.17) is 5.73 Å². The van der Waals surface area contributed by atoms with Gasteiger partial charge in [-0.2, -0.15) is 13.2 Å². The van der Waals surface area contributed by atoms with E-state index in [2.05, 4.69) is 10.2 Å². The summed E-state index contributed by atoms with van der Waals surface area (Å²) in [6.07, 6.45) is -4.47. The third-order valence-corrected chi connectivity index (χ3v) is 3.93. The highest BCUT2D eigenvalue weighted by atomic mass is 32.1. The molecule has 1 heterocycles. The van der Waals surface area contributed by atoms with Gasteiger partial charge in [-0.25, -0.2) is 0 Å². The number of halogens is 3. The molecule has 0 fully saturated rings. The molecular formula is C13H15F3N4S. The smallest absolute Gasteiger partial charge is 0.398 e. The molecule has 2 aromatic rings. The lowest BCUT2D eigenvalue weighted by atomic mass is 10.1. The Balaban J connectivity index is 2.28. The van der Waals surface area contributed by atoms with Gasteiger partial charge in [-0.1, -0.05) is 29.5 Å². The van der Waals surface area contributed by atoms with Gasteiger partial charge in [0.1, 0.15) is 0 Å². The van der Waals surface area contributed by atoms with E-state index in [-0.39, 0.29) is 11.2 Å². The summed E-state index contributed by atoms with van der Waals surface area (Å²) in [6, 6.07) is 7.22. The van der Waals surface area contributed by atoms with Gasteiger partial charge in [-0.3, -0.25) is 0 Å². The van der Waals surface area contributed by atoms with Crippen molar-refractivity contribution < 1.29 is 13.2 Å². The van der Waals surface area contributed by atoms with Crippen molar-refractivity contribution in [2.45, 2.75) is 32.6 Å². The average molecular weight is 316 g/mol. The van der Waals surface area contributed by atoms with Gasteiger partial charge in [0.2, 0.25) is 10.1 Å². The summed E-state index contributed by atoms with van der Waals surface area (Å²) in [4.78, 5) is 1.75. The van der Waals surface area contributed by atoms with Crippen LogP contribution in [0.4, 0.5) is 24.0 Å². The van der Waals surface area contributed by atoms with E-state index in [1.165, 1.54) is 0 Å². The largest absolute Gasteiger partial charge is 0.445 e. The van der Waals surface area contributed by atoms with Gasteiger partial charge in [-0.15, -0.1) is 10.2 Å². The highest BCUT2D eigenvalue weighted by Crippen LogP contribution is 2.35. The zero-order chi connectivity index (χ0) is 15.6. The van der Waals surface area contributed by atoms with Crippen LogP contribution in [-0.2, 0) is 12.7 Å². The predicted octanol–water partition coefficient (Wildman–Crippen LogP) is 3.55. The Kier molecular flexibility index (Phi) is 4.36. The fourth-order valence-electron chi connectivity index (χ4n) is 1.78. The Labute approximate surface area is 124 Å². The summed E-state index contributed by atoms with van der Waals surface area (Å²) < 4.78 is 37.9. The van der Waals surface area contributed by atoms with Crippen molar-refractivity contribution in [2.75, 3.05) is 10.6 Å². The minimum atomic E-state index is -4.47. The summed E-state index contributed by atoms with van der Waals surface area (Å²) in [7, 11) is 0. The number of rotatable bonds is 4. The fourth-order valence-corrected chi connectivity index (χ4v) is 2.62. The van der Waals surface area contributed by atoms with E-state index in [0.29, 0.717) is 23.6 Å². The maximum atomic E-state index is 12.6. The van der Waals surface area contributed by atoms with E-state index in [9.17, 15) is 13.2 Å². The molecule has 4 nitrogen and oxygen atoms in total. The summed E-state index contributed by atoms with van der Waals surface area (Å²) in [5.41, 5.74) is 7.33. The molecule has 21 heavy (non-hydrogen) atoms. The lowest BCUT2D eigenvalue weighted by Crippen LogP contribution is -2.30. The topological polar surface area (TPSA) is 55.0 Å². The molecular weight excluding hydrogens is 301 g/mol. The lowest BCUT2D eigenvalue weighted by Gasteiger charge is -2.26. The number of hydrogen-bond donors (Lipinski definition) is 1. The summed E-state index contributed by atoms with van der Waals surface area (Å²) >= 11 is 0.539. The maximum absolute atomic E-state index is 12.6. The van der Waals surface area contributed by atoms with Crippen LogP contribution in [0.5, 0.6) is 0 Å². The van der Waals surface area contributed by atoms with Crippen LogP contribution in [0.2, 0.25) is 0 Å². The molecule has 8 heteroatoms. The Morgan fingerprint density at radius 1 is 1.24 bits per heavy atom. The van der Waals surface area contributed by atoms with Crippen molar-refractivity contribution in [3.05, 3.63) is 34.8 Å². The van der Waals surface area contributed by atoms with Gasteiger partial charge in [0, 0.05) is 18.3 Å². The van der Waals surface area contributed by atoms with Crippen molar-refractivity contribution in [1.29, 1.82) is 0 Å². The average Bonchev–Trinajstić information content (AvgIpc) is 2.86. The molecule has 0 bridgehead atoms. The second-order valence-electron chi connectivity index (χ2n) is 4.81. The Morgan fingerprint density at radius 2 is 1.90 bits per heavy atom. The number of hydrogen-bond acceptors (Lipinski definition) is 5. The maximum Gasteiger partial charge on any atom is 0.445 e. The third kappa shape index (κ3) is 3.63. The second kappa shape index (κ2) is 5.88. The van der Waals surface area contributed by atoms with Crippen LogP contribution in [0.1, 0.15) is 24.4 Å². The normalized spacial score (nSPS) is 11.9. The fraction of sp³-hybridized carbons (Fsp3) is 0.385. The van der Waals surface area contributed by atoms with Gasteiger partial charge in [-0.05, 0) is 25.5 Å². The molecule has 2 N–H and O–H groups in total. The number of alkyl halides is 3. The van der Waals surface area contributed by atoms with Crippen LogP contribution in [0.25, 0.3) is 0 Å². The van der Waals surface area contributed by atoms with Crippen LogP contribution >= 0.6 is 11.3 Å². The minimum absolute atomic E-state index is 0.0290. The predicted molar refractivity (Wildman–Crippen MR) is 77.1 cm³/mol. The number of aromatic nitrogens is 2. The molecule has 0 aliphatic heterocycles. The van der Waals surface area contributed by atoms with Gasteiger partial charge in [0.05, 0.1) is 0 Å². The Hall–Kier alpha value is -1.83. The van der Waals surface area contributed by atoms with Crippen molar-refractivity contribution in [3.8, 4) is 0 Å². The van der Waals surface area contributed by atoms with Gasteiger partial charge < -0.3 is 10.6 Å². The summed E-state index contributed by atoms with van der Waals surface area (Å²) in [5.74, 6) is 0. The lowest BCUT2D eigenvalue weighted by molar-refractivity contribution is -0.138. The summed E-state index contributed by atoms with van der Waals surface area (Å²) in [6.45, 7) is 4.15. The molecule has 0 spiro atoms. The Bertz CT molecular complexity index is 609. The van der Waals surface area contributed by atoms with Crippen molar-refractivity contribution in [2.24, 2.45) is 0 Å². The number of nitrogens with two attached hydrogens (primary N) is 1. The first kappa shape index (κ1) is 15.6. The van der Waals surface area contributed by atoms with Gasteiger partial charge >= 0.3 is 6.18 Å². The van der Waals surface area contributed by atoms with Gasteiger partial charge in [0.15, 0.2) is 0 Å². The quantitative estimate of drug-likeness (QED) is 0.876. The zero-order valence-electron chi connectivity index (χ0n) is 11.6. The molecule has 0 radical (unpaired) electrons. The molecule has 114 valence electrons.